The number of anilines is 2. The van der Waals surface area contributed by atoms with Crippen LogP contribution in [0.1, 0.15) is 61.4 Å². The van der Waals surface area contributed by atoms with E-state index in [2.05, 4.69) is 25.5 Å². The summed E-state index contributed by atoms with van der Waals surface area (Å²) in [5.74, 6) is 0.222. The number of aromatic carboxylic acids is 1. The normalized spacial score (nSPS) is 14.5. The van der Waals surface area contributed by atoms with E-state index in [1.807, 2.05) is 26.8 Å². The molecule has 5 N–H and O–H groups in total. The topological polar surface area (TPSA) is 170 Å². The second-order valence-corrected chi connectivity index (χ2v) is 10.3. The minimum absolute atomic E-state index is 0. The van der Waals surface area contributed by atoms with Gasteiger partial charge in [-0.05, 0) is 56.8 Å². The van der Waals surface area contributed by atoms with Crippen molar-refractivity contribution in [3.8, 4) is 10.7 Å². The lowest BCUT2D eigenvalue weighted by Crippen LogP contribution is -2.26. The van der Waals surface area contributed by atoms with Gasteiger partial charge in [0.15, 0.2) is 17.3 Å². The summed E-state index contributed by atoms with van der Waals surface area (Å²) < 4.78 is 22.2. The minimum Gasteiger partial charge on any atom is -0.768 e. The Hall–Kier alpha value is -2.67. The highest BCUT2D eigenvalue weighted by Gasteiger charge is 2.25. The summed E-state index contributed by atoms with van der Waals surface area (Å²) in [6.45, 7) is 5.90. The van der Waals surface area contributed by atoms with Crippen LogP contribution in [-0.2, 0) is 11.1 Å². The summed E-state index contributed by atoms with van der Waals surface area (Å²) in [5.41, 5.74) is 6.18. The van der Waals surface area contributed by atoms with Crippen molar-refractivity contribution < 1.29 is 24.4 Å². The second kappa shape index (κ2) is 9.22. The van der Waals surface area contributed by atoms with Crippen LogP contribution in [0.5, 0.6) is 0 Å². The molecule has 174 valence electrons. The van der Waals surface area contributed by atoms with E-state index < -0.39 is 17.0 Å². The molecule has 3 aromatic heterocycles. The van der Waals surface area contributed by atoms with Gasteiger partial charge in [-0.3, -0.25) is 9.31 Å². The number of nitrogens with one attached hydrogen (secondary N) is 2. The van der Waals surface area contributed by atoms with E-state index >= 15 is 0 Å². The number of carbonyl (C=O) groups is 1. The number of carboxylic acid groups (broad SMARTS) is 1. The fourth-order valence-corrected chi connectivity index (χ4v) is 3.79. The van der Waals surface area contributed by atoms with Crippen LogP contribution >= 0.6 is 11.3 Å². The largest absolute Gasteiger partial charge is 0.768 e. The molecule has 1 atom stereocenters. The third kappa shape index (κ3) is 6.92. The molecule has 3 heterocycles. The van der Waals surface area contributed by atoms with E-state index in [1.165, 1.54) is 12.1 Å². The van der Waals surface area contributed by atoms with Crippen molar-refractivity contribution in [2.75, 3.05) is 5.32 Å². The zero-order valence-corrected chi connectivity index (χ0v) is 18.8. The van der Waals surface area contributed by atoms with Crippen molar-refractivity contribution >= 4 is 40.0 Å². The Morgan fingerprint density at radius 3 is 2.55 bits per heavy atom. The summed E-state index contributed by atoms with van der Waals surface area (Å²) in [4.78, 5) is 20.1. The molecule has 0 aromatic carbocycles. The van der Waals surface area contributed by atoms with Crippen molar-refractivity contribution in [2.24, 2.45) is 5.73 Å². The average molecular weight is 472 g/mol. The molecular weight excluding hydrogens is 440 g/mol. The molecule has 1 unspecified atom stereocenters. The molecule has 0 spiro atoms. The number of nitrogens with zero attached hydrogens (tertiary/aromatic N) is 3. The zero-order chi connectivity index (χ0) is 22.8. The van der Waals surface area contributed by atoms with E-state index in [0.717, 1.165) is 29.9 Å². The maximum atomic E-state index is 11.4. The van der Waals surface area contributed by atoms with Gasteiger partial charge in [-0.1, -0.05) is 0 Å². The number of hydrogen-bond donors (Lipinski definition) is 4. The molecule has 0 amide bonds. The van der Waals surface area contributed by atoms with Gasteiger partial charge in [-0.25, -0.2) is 14.8 Å². The molecule has 1 aliphatic carbocycles. The van der Waals surface area contributed by atoms with Crippen LogP contribution in [0.4, 0.5) is 11.6 Å². The molecule has 4 rings (SSSR count). The van der Waals surface area contributed by atoms with Gasteiger partial charge in [-0.15, -0.1) is 11.3 Å². The fraction of sp³-hybridized carbons (Fsp3) is 0.368. The summed E-state index contributed by atoms with van der Waals surface area (Å²) in [7, 11) is 0. The number of aromatic nitrogens is 4. The highest BCUT2D eigenvalue weighted by atomic mass is 32.2. The smallest absolute Gasteiger partial charge is 0.354 e. The van der Waals surface area contributed by atoms with E-state index in [9.17, 15) is 18.7 Å². The fourth-order valence-electron chi connectivity index (χ4n) is 2.40. The number of carboxylic acids is 1. The SMILES string of the molecule is CC(C)(C)N.O=C(O)c1cc(Nc2cc(C3CC3)[nH]n2)nc(-c2ccc(S(=O)[O-])s2)n1.[HH].[HH].[HH].[HH]. The Balaban J connectivity index is 0. The monoisotopic (exact) mass is 471 g/mol. The summed E-state index contributed by atoms with van der Waals surface area (Å²) >= 11 is -1.40. The van der Waals surface area contributed by atoms with Crippen LogP contribution in [-0.4, -0.2) is 45.5 Å². The van der Waals surface area contributed by atoms with Gasteiger partial charge in [0.05, 0.1) is 9.09 Å². The molecule has 31 heavy (non-hydrogen) atoms. The highest BCUT2D eigenvalue weighted by Crippen LogP contribution is 2.39. The van der Waals surface area contributed by atoms with Gasteiger partial charge < -0.3 is 20.7 Å². The van der Waals surface area contributed by atoms with Crippen molar-refractivity contribution in [3.63, 3.8) is 0 Å². The zero-order valence-electron chi connectivity index (χ0n) is 17.2. The quantitative estimate of drug-likeness (QED) is 0.384. The molecule has 0 radical (unpaired) electrons. The van der Waals surface area contributed by atoms with Crippen LogP contribution in [0.2, 0.25) is 0 Å². The van der Waals surface area contributed by atoms with Crippen molar-refractivity contribution in [1.82, 2.24) is 20.2 Å². The van der Waals surface area contributed by atoms with Crippen LogP contribution in [0.25, 0.3) is 10.7 Å². The number of thiophene rings is 1. The molecule has 0 saturated heterocycles. The molecule has 0 aliphatic heterocycles. The Morgan fingerprint density at radius 2 is 2.00 bits per heavy atom. The Bertz CT molecular complexity index is 1110. The number of hydrogen-bond acceptors (Lipinski definition) is 9. The summed E-state index contributed by atoms with van der Waals surface area (Å²) in [5, 5.41) is 19.4. The van der Waals surface area contributed by atoms with E-state index in [0.29, 0.717) is 16.6 Å². The van der Waals surface area contributed by atoms with Crippen LogP contribution < -0.4 is 11.1 Å². The van der Waals surface area contributed by atoms with Crippen molar-refractivity contribution in [3.05, 3.63) is 35.7 Å². The number of aromatic amines is 1. The predicted molar refractivity (Wildman–Crippen MR) is 126 cm³/mol. The molecule has 0 bridgehead atoms. The minimum atomic E-state index is -2.36. The maximum Gasteiger partial charge on any atom is 0.354 e. The molecule has 10 nitrogen and oxygen atoms in total. The van der Waals surface area contributed by atoms with Gasteiger partial charge in [0.2, 0.25) is 0 Å². The highest BCUT2D eigenvalue weighted by molar-refractivity contribution is 7.81. The van der Waals surface area contributed by atoms with E-state index in [1.54, 1.807) is 6.07 Å². The van der Waals surface area contributed by atoms with E-state index in [-0.39, 0.29) is 32.8 Å². The van der Waals surface area contributed by atoms with Crippen molar-refractivity contribution in [2.45, 2.75) is 49.3 Å². The molecule has 1 aliphatic rings. The van der Waals surface area contributed by atoms with Crippen LogP contribution in [0, 0.1) is 0 Å². The molecule has 1 fully saturated rings. The first-order valence-corrected chi connectivity index (χ1v) is 11.3. The van der Waals surface area contributed by atoms with Crippen LogP contribution in [0.15, 0.2) is 28.5 Å². The lowest BCUT2D eigenvalue weighted by molar-refractivity contribution is 0.0690. The Morgan fingerprint density at radius 1 is 1.32 bits per heavy atom. The summed E-state index contributed by atoms with van der Waals surface area (Å²) in [6.07, 6.45) is 2.26. The molecule has 3 aromatic rings. The first-order valence-electron chi connectivity index (χ1n) is 9.42. The Kier molecular flexibility index (Phi) is 6.84. The first-order chi connectivity index (χ1) is 14.5. The Labute approximate surface area is 191 Å². The third-order valence-electron chi connectivity index (χ3n) is 3.78. The van der Waals surface area contributed by atoms with Gasteiger partial charge in [-0.2, -0.15) is 5.10 Å². The van der Waals surface area contributed by atoms with Crippen molar-refractivity contribution in [1.29, 1.82) is 0 Å². The second-order valence-electron chi connectivity index (χ2n) is 8.09. The standard InChI is InChI=1S/C15H13N5O4S2.C4H11N.4H2/c21-15(22)9-6-11(17-12-5-8(19-20-12)7-1-2-7)18-14(16-9)10-3-4-13(25-10)26(23)24;1-4(2,3)5;;;;/h3-7H,1-2H2,(H,21,22)(H,23,24)(H2,16,17,18,19,20);5H2,1-3H3;4*1H/p-1. The molecule has 1 saturated carbocycles. The average Bonchev–Trinajstić information content (AvgIpc) is 3.20. The van der Waals surface area contributed by atoms with E-state index in [4.69, 9.17) is 5.73 Å². The molecule has 12 heteroatoms. The third-order valence-corrected chi connectivity index (χ3v) is 5.78. The maximum absolute atomic E-state index is 11.4. The first kappa shape index (κ1) is 23.0. The number of H-pyrrole nitrogens is 1. The lowest BCUT2D eigenvalue weighted by atomic mass is 10.1. The lowest BCUT2D eigenvalue weighted by Gasteiger charge is -2.06. The predicted octanol–water partition coefficient (Wildman–Crippen LogP) is 4.21. The van der Waals surface area contributed by atoms with Crippen LogP contribution in [0.3, 0.4) is 0 Å². The van der Waals surface area contributed by atoms with Gasteiger partial charge in [0.1, 0.15) is 5.82 Å². The van der Waals surface area contributed by atoms with Gasteiger partial charge in [0.25, 0.3) is 0 Å². The number of nitrogens with two attached hydrogens (primary N) is 1. The number of rotatable bonds is 6. The summed E-state index contributed by atoms with van der Waals surface area (Å²) in [6, 6.07) is 6.13. The molecular formula is C19H31N6O4S2-. The van der Waals surface area contributed by atoms with Gasteiger partial charge in [0, 0.05) is 35.0 Å². The van der Waals surface area contributed by atoms with Gasteiger partial charge >= 0.3 is 5.97 Å².